The Balaban J connectivity index is 2.51. The summed E-state index contributed by atoms with van der Waals surface area (Å²) in [5.74, 6) is -1.03. The molecule has 0 unspecified atom stereocenters. The highest BCUT2D eigenvalue weighted by molar-refractivity contribution is 5.17. The molecule has 1 aromatic rings. The van der Waals surface area contributed by atoms with Crippen molar-refractivity contribution in [3.05, 3.63) is 35.4 Å². The van der Waals surface area contributed by atoms with Gasteiger partial charge in [-0.3, -0.25) is 4.90 Å². The molecule has 0 bridgehead atoms. The predicted octanol–water partition coefficient (Wildman–Crippen LogP) is 2.78. The van der Waals surface area contributed by atoms with Crippen LogP contribution in [0.5, 0.6) is 0 Å². The van der Waals surface area contributed by atoms with E-state index in [-0.39, 0.29) is 0 Å². The topological polar surface area (TPSA) is 15.3 Å². The number of benzene rings is 1. The Morgan fingerprint density at radius 1 is 1.17 bits per heavy atom. The quantitative estimate of drug-likeness (QED) is 0.807. The van der Waals surface area contributed by atoms with Crippen molar-refractivity contribution in [1.82, 2.24) is 10.2 Å². The van der Waals surface area contributed by atoms with Crippen LogP contribution >= 0.6 is 0 Å². The molecular formula is C14H22F2N2. The predicted molar refractivity (Wildman–Crippen MR) is 70.4 cm³/mol. The highest BCUT2D eigenvalue weighted by Crippen LogP contribution is 2.10. The maximum Gasteiger partial charge on any atom is 0.126 e. The van der Waals surface area contributed by atoms with Gasteiger partial charge < -0.3 is 5.32 Å². The van der Waals surface area contributed by atoms with E-state index < -0.39 is 11.6 Å². The van der Waals surface area contributed by atoms with E-state index in [1.54, 1.807) is 0 Å². The lowest BCUT2D eigenvalue weighted by Gasteiger charge is -2.21. The van der Waals surface area contributed by atoms with Crippen LogP contribution in [0.25, 0.3) is 0 Å². The summed E-state index contributed by atoms with van der Waals surface area (Å²) in [6, 6.07) is 4.14. The Kier molecular flexibility index (Phi) is 6.22. The second-order valence-electron chi connectivity index (χ2n) is 4.76. The molecule has 0 fully saturated rings. The van der Waals surface area contributed by atoms with Crippen molar-refractivity contribution in [2.24, 2.45) is 0 Å². The standard InChI is InChI=1S/C14H22F2N2/c1-4-18(6-5-17-11(2)3)10-12-7-13(15)9-14(16)8-12/h7-9,11,17H,4-6,10H2,1-3H3. The van der Waals surface area contributed by atoms with E-state index in [0.29, 0.717) is 18.2 Å². The van der Waals surface area contributed by atoms with E-state index in [4.69, 9.17) is 0 Å². The molecule has 102 valence electrons. The van der Waals surface area contributed by atoms with Gasteiger partial charge >= 0.3 is 0 Å². The fourth-order valence-electron chi connectivity index (χ4n) is 1.82. The molecule has 0 amide bonds. The molecule has 4 heteroatoms. The number of rotatable bonds is 7. The first-order valence-corrected chi connectivity index (χ1v) is 6.42. The first-order valence-electron chi connectivity index (χ1n) is 6.42. The Bertz CT molecular complexity index is 347. The van der Waals surface area contributed by atoms with Crippen molar-refractivity contribution >= 4 is 0 Å². The zero-order valence-electron chi connectivity index (χ0n) is 11.3. The van der Waals surface area contributed by atoms with E-state index in [0.717, 1.165) is 25.7 Å². The number of hydrogen-bond donors (Lipinski definition) is 1. The largest absolute Gasteiger partial charge is 0.313 e. The van der Waals surface area contributed by atoms with E-state index in [1.165, 1.54) is 12.1 Å². The molecule has 0 heterocycles. The summed E-state index contributed by atoms with van der Waals surface area (Å²) in [4.78, 5) is 2.16. The van der Waals surface area contributed by atoms with Crippen LogP contribution in [0.3, 0.4) is 0 Å². The highest BCUT2D eigenvalue weighted by atomic mass is 19.1. The van der Waals surface area contributed by atoms with Gasteiger partial charge in [0.1, 0.15) is 11.6 Å². The van der Waals surface area contributed by atoms with E-state index in [9.17, 15) is 8.78 Å². The van der Waals surface area contributed by atoms with Crippen LogP contribution in [0.15, 0.2) is 18.2 Å². The minimum absolute atomic E-state index is 0.454. The molecule has 0 aliphatic carbocycles. The van der Waals surface area contributed by atoms with E-state index >= 15 is 0 Å². The van der Waals surface area contributed by atoms with Gasteiger partial charge in [-0.05, 0) is 24.2 Å². The van der Waals surface area contributed by atoms with Crippen LogP contribution < -0.4 is 5.32 Å². The van der Waals surface area contributed by atoms with Crippen LogP contribution in [0.4, 0.5) is 8.78 Å². The molecule has 0 aliphatic rings. The monoisotopic (exact) mass is 256 g/mol. The third kappa shape index (κ3) is 5.56. The Labute approximate surface area is 108 Å². The molecule has 1 N–H and O–H groups in total. The lowest BCUT2D eigenvalue weighted by Crippen LogP contribution is -2.34. The highest BCUT2D eigenvalue weighted by Gasteiger charge is 2.06. The molecular weight excluding hydrogens is 234 g/mol. The minimum Gasteiger partial charge on any atom is -0.313 e. The first-order chi connectivity index (χ1) is 8.51. The molecule has 0 radical (unpaired) electrons. The lowest BCUT2D eigenvalue weighted by atomic mass is 10.2. The number of halogens is 2. The van der Waals surface area contributed by atoms with Gasteiger partial charge in [0.2, 0.25) is 0 Å². The fourth-order valence-corrected chi connectivity index (χ4v) is 1.82. The number of nitrogens with zero attached hydrogens (tertiary/aromatic N) is 1. The second-order valence-corrected chi connectivity index (χ2v) is 4.76. The van der Waals surface area contributed by atoms with Crippen molar-refractivity contribution in [1.29, 1.82) is 0 Å². The van der Waals surface area contributed by atoms with E-state index in [1.807, 2.05) is 6.92 Å². The zero-order valence-corrected chi connectivity index (χ0v) is 11.3. The molecule has 2 nitrogen and oxygen atoms in total. The Morgan fingerprint density at radius 3 is 2.28 bits per heavy atom. The number of nitrogens with one attached hydrogen (secondary N) is 1. The van der Waals surface area contributed by atoms with Gasteiger partial charge in [-0.15, -0.1) is 0 Å². The third-order valence-electron chi connectivity index (χ3n) is 2.76. The summed E-state index contributed by atoms with van der Waals surface area (Å²) >= 11 is 0. The maximum atomic E-state index is 13.1. The summed E-state index contributed by atoms with van der Waals surface area (Å²) < 4.78 is 26.1. The van der Waals surface area contributed by atoms with Crippen molar-refractivity contribution < 1.29 is 8.78 Å². The van der Waals surface area contributed by atoms with Gasteiger partial charge in [-0.1, -0.05) is 20.8 Å². The summed E-state index contributed by atoms with van der Waals surface area (Å²) in [6.45, 7) is 9.42. The molecule has 0 saturated heterocycles. The van der Waals surface area contributed by atoms with E-state index in [2.05, 4.69) is 24.1 Å². The van der Waals surface area contributed by atoms with Gasteiger partial charge in [0.25, 0.3) is 0 Å². The van der Waals surface area contributed by atoms with Crippen LogP contribution in [0.1, 0.15) is 26.3 Å². The Hall–Kier alpha value is -1.00. The van der Waals surface area contributed by atoms with Gasteiger partial charge in [0.05, 0.1) is 0 Å². The van der Waals surface area contributed by atoms with Crippen molar-refractivity contribution in [2.75, 3.05) is 19.6 Å². The summed E-state index contributed by atoms with van der Waals surface area (Å²) in [6.07, 6.45) is 0. The molecule has 0 saturated carbocycles. The second kappa shape index (κ2) is 7.44. The fraction of sp³-hybridized carbons (Fsp3) is 0.571. The van der Waals surface area contributed by atoms with Crippen molar-refractivity contribution in [3.63, 3.8) is 0 Å². The number of hydrogen-bond acceptors (Lipinski definition) is 2. The van der Waals surface area contributed by atoms with Gasteiger partial charge in [0, 0.05) is 31.7 Å². The lowest BCUT2D eigenvalue weighted by molar-refractivity contribution is 0.275. The summed E-state index contributed by atoms with van der Waals surface area (Å²) in [5.41, 5.74) is 0.680. The van der Waals surface area contributed by atoms with Crippen LogP contribution in [0, 0.1) is 11.6 Å². The molecule has 1 aromatic carbocycles. The molecule has 0 spiro atoms. The van der Waals surface area contributed by atoms with Crippen LogP contribution in [0.2, 0.25) is 0 Å². The van der Waals surface area contributed by atoms with Crippen LogP contribution in [-0.4, -0.2) is 30.6 Å². The molecule has 0 aliphatic heterocycles. The first kappa shape index (κ1) is 15.1. The van der Waals surface area contributed by atoms with Crippen molar-refractivity contribution in [3.8, 4) is 0 Å². The normalized spacial score (nSPS) is 11.5. The molecule has 0 aromatic heterocycles. The third-order valence-corrected chi connectivity index (χ3v) is 2.76. The number of likely N-dealkylation sites (N-methyl/N-ethyl adjacent to an activating group) is 1. The molecule has 1 rings (SSSR count). The smallest absolute Gasteiger partial charge is 0.126 e. The molecule has 0 atom stereocenters. The van der Waals surface area contributed by atoms with Crippen LogP contribution in [-0.2, 0) is 6.54 Å². The average molecular weight is 256 g/mol. The van der Waals surface area contributed by atoms with Gasteiger partial charge in [-0.25, -0.2) is 8.78 Å². The average Bonchev–Trinajstić information content (AvgIpc) is 2.25. The summed E-state index contributed by atoms with van der Waals surface area (Å²) in [7, 11) is 0. The molecule has 18 heavy (non-hydrogen) atoms. The Morgan fingerprint density at radius 2 is 1.78 bits per heavy atom. The maximum absolute atomic E-state index is 13.1. The zero-order chi connectivity index (χ0) is 13.5. The minimum atomic E-state index is -0.513. The van der Waals surface area contributed by atoms with Gasteiger partial charge in [-0.2, -0.15) is 0 Å². The van der Waals surface area contributed by atoms with Gasteiger partial charge in [0.15, 0.2) is 0 Å². The van der Waals surface area contributed by atoms with Crippen molar-refractivity contribution in [2.45, 2.75) is 33.4 Å². The summed E-state index contributed by atoms with van der Waals surface area (Å²) in [5, 5.41) is 3.33. The SMILES string of the molecule is CCN(CCNC(C)C)Cc1cc(F)cc(F)c1.